The Morgan fingerprint density at radius 2 is 2.00 bits per heavy atom. The fraction of sp³-hybridized carbons (Fsp3) is 0.400. The largest absolute Gasteiger partial charge is 0.462 e. The van der Waals surface area contributed by atoms with Crippen molar-refractivity contribution in [3.8, 4) is 17.2 Å². The standard InChI is InChI=1S/C20H20ClNO2S2/c1-2-24-19(23)18-17(13-8-10-14(21)11-9-13)16(12-22)20(26-18)25-15-6-4-3-5-7-15/h8-11,15H,2-7H2,1H3. The molecule has 0 unspecified atom stereocenters. The Kier molecular flexibility index (Phi) is 6.63. The molecule has 136 valence electrons. The lowest BCUT2D eigenvalue weighted by atomic mass is 10.0. The number of ether oxygens (including phenoxy) is 1. The van der Waals surface area contributed by atoms with Crippen LogP contribution < -0.4 is 0 Å². The summed E-state index contributed by atoms with van der Waals surface area (Å²) in [4.78, 5) is 13.0. The Morgan fingerprint density at radius 1 is 1.31 bits per heavy atom. The maximum Gasteiger partial charge on any atom is 0.349 e. The van der Waals surface area contributed by atoms with Gasteiger partial charge in [-0.05, 0) is 37.5 Å². The van der Waals surface area contributed by atoms with Crippen LogP contribution in [0.4, 0.5) is 0 Å². The van der Waals surface area contributed by atoms with E-state index in [0.29, 0.717) is 32.9 Å². The molecule has 0 aliphatic heterocycles. The molecule has 0 bridgehead atoms. The lowest BCUT2D eigenvalue weighted by Crippen LogP contribution is -2.07. The van der Waals surface area contributed by atoms with Crippen molar-refractivity contribution in [2.75, 3.05) is 6.61 Å². The lowest BCUT2D eigenvalue weighted by Gasteiger charge is -2.20. The van der Waals surface area contributed by atoms with Gasteiger partial charge in [-0.2, -0.15) is 5.26 Å². The van der Waals surface area contributed by atoms with Gasteiger partial charge in [-0.25, -0.2) is 4.79 Å². The molecule has 0 radical (unpaired) electrons. The van der Waals surface area contributed by atoms with Gasteiger partial charge in [-0.3, -0.25) is 0 Å². The van der Waals surface area contributed by atoms with E-state index in [1.165, 1.54) is 43.4 Å². The van der Waals surface area contributed by atoms with Crippen LogP contribution >= 0.6 is 34.7 Å². The van der Waals surface area contributed by atoms with Gasteiger partial charge in [0.25, 0.3) is 0 Å². The van der Waals surface area contributed by atoms with Crippen LogP contribution in [-0.2, 0) is 4.74 Å². The Bertz CT molecular complexity index is 818. The van der Waals surface area contributed by atoms with E-state index in [4.69, 9.17) is 16.3 Å². The van der Waals surface area contributed by atoms with E-state index in [1.54, 1.807) is 30.8 Å². The first kappa shape index (κ1) is 19.3. The first-order chi connectivity index (χ1) is 12.6. The Balaban J connectivity index is 2.05. The molecular weight excluding hydrogens is 386 g/mol. The molecule has 0 amide bonds. The van der Waals surface area contributed by atoms with E-state index in [-0.39, 0.29) is 5.97 Å². The van der Waals surface area contributed by atoms with Gasteiger partial charge in [-0.15, -0.1) is 23.1 Å². The molecule has 6 heteroatoms. The molecule has 26 heavy (non-hydrogen) atoms. The monoisotopic (exact) mass is 405 g/mol. The summed E-state index contributed by atoms with van der Waals surface area (Å²) in [5.74, 6) is -0.366. The number of hydrogen-bond donors (Lipinski definition) is 0. The van der Waals surface area contributed by atoms with E-state index in [9.17, 15) is 10.1 Å². The number of nitriles is 1. The normalized spacial score (nSPS) is 14.8. The summed E-state index contributed by atoms with van der Waals surface area (Å²) < 4.78 is 6.17. The first-order valence-corrected chi connectivity index (χ1v) is 10.9. The molecule has 1 aliphatic rings. The Morgan fingerprint density at radius 3 is 2.62 bits per heavy atom. The fourth-order valence-electron chi connectivity index (χ4n) is 3.16. The van der Waals surface area contributed by atoms with Gasteiger partial charge in [0.2, 0.25) is 0 Å². The zero-order valence-electron chi connectivity index (χ0n) is 14.6. The summed E-state index contributed by atoms with van der Waals surface area (Å²) in [5.41, 5.74) is 2.07. The van der Waals surface area contributed by atoms with Crippen LogP contribution in [0.2, 0.25) is 5.02 Å². The highest BCUT2D eigenvalue weighted by molar-refractivity contribution is 8.01. The predicted molar refractivity (Wildman–Crippen MR) is 108 cm³/mol. The number of benzene rings is 1. The van der Waals surface area contributed by atoms with Crippen molar-refractivity contribution in [1.29, 1.82) is 5.26 Å². The van der Waals surface area contributed by atoms with Gasteiger partial charge in [0, 0.05) is 15.8 Å². The first-order valence-electron chi connectivity index (χ1n) is 8.80. The fourth-order valence-corrected chi connectivity index (χ4v) is 6.18. The molecule has 2 aromatic rings. The van der Waals surface area contributed by atoms with Crippen LogP contribution in [0, 0.1) is 11.3 Å². The van der Waals surface area contributed by atoms with Gasteiger partial charge < -0.3 is 4.74 Å². The minimum Gasteiger partial charge on any atom is -0.462 e. The number of rotatable bonds is 5. The minimum atomic E-state index is -0.366. The van der Waals surface area contributed by atoms with Crippen LogP contribution in [0.5, 0.6) is 0 Å². The second-order valence-corrected chi connectivity index (χ2v) is 9.21. The molecule has 0 atom stereocenters. The zero-order chi connectivity index (χ0) is 18.5. The summed E-state index contributed by atoms with van der Waals surface area (Å²) in [6.45, 7) is 2.10. The highest BCUT2D eigenvalue weighted by Gasteiger charge is 2.27. The smallest absolute Gasteiger partial charge is 0.349 e. The van der Waals surface area contributed by atoms with Crippen LogP contribution in [0.3, 0.4) is 0 Å². The number of hydrogen-bond acceptors (Lipinski definition) is 5. The van der Waals surface area contributed by atoms with Crippen LogP contribution in [-0.4, -0.2) is 17.8 Å². The maximum atomic E-state index is 12.5. The van der Waals surface area contributed by atoms with Crippen molar-refractivity contribution in [3.05, 3.63) is 39.7 Å². The van der Waals surface area contributed by atoms with Gasteiger partial charge in [0.15, 0.2) is 0 Å². The highest BCUT2D eigenvalue weighted by atomic mass is 35.5. The molecule has 1 fully saturated rings. The topological polar surface area (TPSA) is 50.1 Å². The maximum absolute atomic E-state index is 12.5. The molecule has 1 aliphatic carbocycles. The van der Waals surface area contributed by atoms with Gasteiger partial charge in [-0.1, -0.05) is 43.0 Å². The summed E-state index contributed by atoms with van der Waals surface area (Å²) in [5, 5.41) is 11.0. The van der Waals surface area contributed by atoms with Crippen molar-refractivity contribution in [3.63, 3.8) is 0 Å². The second-order valence-electron chi connectivity index (χ2n) is 6.19. The number of thiophene rings is 1. The summed E-state index contributed by atoms with van der Waals surface area (Å²) in [6.07, 6.45) is 6.09. The molecule has 3 nitrogen and oxygen atoms in total. The van der Waals surface area contributed by atoms with Gasteiger partial charge in [0.1, 0.15) is 10.9 Å². The van der Waals surface area contributed by atoms with Crippen molar-refractivity contribution < 1.29 is 9.53 Å². The van der Waals surface area contributed by atoms with Crippen LogP contribution in [0.25, 0.3) is 11.1 Å². The van der Waals surface area contributed by atoms with E-state index in [1.807, 2.05) is 12.1 Å². The number of halogens is 1. The number of carbonyl (C=O) groups excluding carboxylic acids is 1. The van der Waals surface area contributed by atoms with Crippen LogP contribution in [0.15, 0.2) is 28.5 Å². The number of esters is 1. The molecule has 0 N–H and O–H groups in total. The molecule has 0 spiro atoms. The highest BCUT2D eigenvalue weighted by Crippen LogP contribution is 2.45. The number of carbonyl (C=O) groups is 1. The van der Waals surface area contributed by atoms with Crippen molar-refractivity contribution in [2.45, 2.75) is 48.5 Å². The summed E-state index contributed by atoms with van der Waals surface area (Å²) in [6, 6.07) is 9.59. The van der Waals surface area contributed by atoms with Gasteiger partial charge >= 0.3 is 5.97 Å². The minimum absolute atomic E-state index is 0.309. The van der Waals surface area contributed by atoms with Crippen molar-refractivity contribution in [1.82, 2.24) is 0 Å². The Labute approximate surface area is 167 Å². The summed E-state index contributed by atoms with van der Waals surface area (Å²) in [7, 11) is 0. The average molecular weight is 406 g/mol. The molecule has 3 rings (SSSR count). The molecule has 1 aromatic carbocycles. The van der Waals surface area contributed by atoms with E-state index in [2.05, 4.69) is 6.07 Å². The van der Waals surface area contributed by atoms with Gasteiger partial charge in [0.05, 0.1) is 16.4 Å². The van der Waals surface area contributed by atoms with Crippen LogP contribution in [0.1, 0.15) is 54.3 Å². The number of nitrogens with zero attached hydrogens (tertiary/aromatic N) is 1. The SMILES string of the molecule is CCOC(=O)c1sc(SC2CCCCC2)c(C#N)c1-c1ccc(Cl)cc1. The van der Waals surface area contributed by atoms with Crippen molar-refractivity contribution in [2.24, 2.45) is 0 Å². The van der Waals surface area contributed by atoms with E-state index < -0.39 is 0 Å². The number of thioether (sulfide) groups is 1. The molecule has 1 saturated carbocycles. The molecule has 1 aromatic heterocycles. The van der Waals surface area contributed by atoms with Crippen molar-refractivity contribution >= 4 is 40.7 Å². The quantitative estimate of drug-likeness (QED) is 0.529. The molecular formula is C20H20ClNO2S2. The third-order valence-corrected chi connectivity index (χ3v) is 7.39. The summed E-state index contributed by atoms with van der Waals surface area (Å²) >= 11 is 9.13. The zero-order valence-corrected chi connectivity index (χ0v) is 17.0. The third-order valence-electron chi connectivity index (χ3n) is 4.41. The molecule has 0 saturated heterocycles. The lowest BCUT2D eigenvalue weighted by molar-refractivity contribution is 0.0533. The predicted octanol–water partition coefficient (Wildman–Crippen LogP) is 6.54. The van der Waals surface area contributed by atoms with E-state index >= 15 is 0 Å². The Hall–Kier alpha value is -1.48. The average Bonchev–Trinajstić information content (AvgIpc) is 3.01. The molecule has 1 heterocycles. The second kappa shape index (κ2) is 8.94. The van der Waals surface area contributed by atoms with E-state index in [0.717, 1.165) is 9.77 Å². The third kappa shape index (κ3) is 4.25.